The molecule has 1 aromatic carbocycles. The Labute approximate surface area is 163 Å². The zero-order valence-electron chi connectivity index (χ0n) is 16.1. The first-order chi connectivity index (χ1) is 13.4. The number of rotatable bonds is 4. The quantitative estimate of drug-likeness (QED) is 0.880. The van der Waals surface area contributed by atoms with Crippen LogP contribution in [0, 0.1) is 5.82 Å². The molecule has 2 aliphatic rings. The van der Waals surface area contributed by atoms with Crippen LogP contribution in [-0.2, 0) is 13.1 Å². The van der Waals surface area contributed by atoms with Crippen molar-refractivity contribution in [2.24, 2.45) is 0 Å². The minimum absolute atomic E-state index is 0.110. The van der Waals surface area contributed by atoms with Gasteiger partial charge in [0.25, 0.3) is 11.8 Å². The number of nitrogens with zero attached hydrogens (tertiary/aromatic N) is 3. The van der Waals surface area contributed by atoms with E-state index in [9.17, 15) is 19.1 Å². The molecule has 6 nitrogen and oxygen atoms in total. The van der Waals surface area contributed by atoms with Crippen LogP contribution in [-0.4, -0.2) is 51.4 Å². The zero-order chi connectivity index (χ0) is 20.0. The van der Waals surface area contributed by atoms with E-state index in [0.717, 1.165) is 24.1 Å². The standard InChI is InChI=1S/C21H24FN3O3/c1-3-4-14-12-23(2)20(27)16-17(14)25-10-9-24(21(28)18(25)19(16)26)11-13-5-7-15(22)8-6-13/h5-8,14,26H,3-4,9-12H2,1-2H3. The van der Waals surface area contributed by atoms with Crippen molar-refractivity contribution in [1.29, 1.82) is 0 Å². The van der Waals surface area contributed by atoms with Crippen LogP contribution in [0.4, 0.5) is 4.39 Å². The molecule has 2 amide bonds. The smallest absolute Gasteiger partial charge is 0.274 e. The largest absolute Gasteiger partial charge is 0.505 e. The Bertz CT molecular complexity index is 935. The number of carbonyl (C=O) groups excluding carboxylic acids is 2. The van der Waals surface area contributed by atoms with Crippen LogP contribution >= 0.6 is 0 Å². The molecular weight excluding hydrogens is 361 g/mol. The van der Waals surface area contributed by atoms with Crippen LogP contribution in [0.3, 0.4) is 0 Å². The van der Waals surface area contributed by atoms with Gasteiger partial charge in [-0.05, 0) is 24.1 Å². The number of amides is 2. The van der Waals surface area contributed by atoms with Crippen molar-refractivity contribution in [2.45, 2.75) is 38.8 Å². The highest BCUT2D eigenvalue weighted by atomic mass is 19.1. The number of carbonyl (C=O) groups is 2. The summed E-state index contributed by atoms with van der Waals surface area (Å²) in [5.41, 5.74) is 2.09. The first-order valence-electron chi connectivity index (χ1n) is 9.66. The molecule has 7 heteroatoms. The summed E-state index contributed by atoms with van der Waals surface area (Å²) >= 11 is 0. The van der Waals surface area contributed by atoms with Crippen LogP contribution < -0.4 is 0 Å². The van der Waals surface area contributed by atoms with Gasteiger partial charge in [0.1, 0.15) is 11.4 Å². The number of aromatic nitrogens is 1. The molecule has 1 atom stereocenters. The Kier molecular flexibility index (Phi) is 4.61. The van der Waals surface area contributed by atoms with E-state index in [0.29, 0.717) is 26.2 Å². The summed E-state index contributed by atoms with van der Waals surface area (Å²) < 4.78 is 15.0. The maximum absolute atomic E-state index is 13.1. The lowest BCUT2D eigenvalue weighted by Crippen LogP contribution is -2.41. The van der Waals surface area contributed by atoms with Crippen LogP contribution in [0.15, 0.2) is 24.3 Å². The lowest BCUT2D eigenvalue weighted by molar-refractivity contribution is 0.0681. The van der Waals surface area contributed by atoms with Crippen LogP contribution in [0.2, 0.25) is 0 Å². The summed E-state index contributed by atoms with van der Waals surface area (Å²) in [5, 5.41) is 10.8. The molecule has 0 spiro atoms. The van der Waals surface area contributed by atoms with Crippen molar-refractivity contribution < 1.29 is 19.1 Å². The van der Waals surface area contributed by atoms with E-state index < -0.39 is 0 Å². The number of likely N-dealkylation sites (N-methyl/N-ethyl adjacent to an activating group) is 1. The van der Waals surface area contributed by atoms with Gasteiger partial charge in [0.05, 0.1) is 0 Å². The number of aromatic hydroxyl groups is 1. The van der Waals surface area contributed by atoms with Gasteiger partial charge < -0.3 is 19.5 Å². The van der Waals surface area contributed by atoms with Crippen LogP contribution in [0.5, 0.6) is 5.75 Å². The van der Waals surface area contributed by atoms with E-state index in [1.165, 1.54) is 12.1 Å². The third-order valence-electron chi connectivity index (χ3n) is 5.73. The van der Waals surface area contributed by atoms with Crippen molar-refractivity contribution in [2.75, 3.05) is 20.1 Å². The average molecular weight is 385 g/mol. The van der Waals surface area contributed by atoms with Gasteiger partial charge in [-0.25, -0.2) is 4.39 Å². The second-order valence-electron chi connectivity index (χ2n) is 7.63. The van der Waals surface area contributed by atoms with Gasteiger partial charge in [-0.1, -0.05) is 25.5 Å². The first-order valence-corrected chi connectivity index (χ1v) is 9.66. The van der Waals surface area contributed by atoms with E-state index in [-0.39, 0.29) is 40.6 Å². The Balaban J connectivity index is 1.72. The number of hydrogen-bond acceptors (Lipinski definition) is 3. The SMILES string of the molecule is CCCC1CN(C)C(=O)c2c(O)c3n(c21)CCN(Cc1ccc(F)cc1)C3=O. The Morgan fingerprint density at radius 1 is 1.14 bits per heavy atom. The monoisotopic (exact) mass is 385 g/mol. The molecular formula is C21H24FN3O3. The van der Waals surface area contributed by atoms with Crippen LogP contribution in [0.25, 0.3) is 0 Å². The van der Waals surface area contributed by atoms with Gasteiger partial charge >= 0.3 is 0 Å². The molecule has 1 unspecified atom stereocenters. The fourth-order valence-corrected chi connectivity index (χ4v) is 4.41. The van der Waals surface area contributed by atoms with Gasteiger partial charge in [-0.15, -0.1) is 0 Å². The predicted molar refractivity (Wildman–Crippen MR) is 102 cm³/mol. The summed E-state index contributed by atoms with van der Waals surface area (Å²) in [6.45, 7) is 4.03. The molecule has 2 aliphatic heterocycles. The number of hydrogen-bond donors (Lipinski definition) is 1. The molecule has 0 fully saturated rings. The number of benzene rings is 1. The van der Waals surface area contributed by atoms with Gasteiger partial charge in [-0.2, -0.15) is 0 Å². The van der Waals surface area contributed by atoms with Crippen LogP contribution in [0.1, 0.15) is 57.8 Å². The molecule has 0 bridgehead atoms. The van der Waals surface area contributed by atoms with E-state index in [1.54, 1.807) is 29.0 Å². The molecule has 28 heavy (non-hydrogen) atoms. The lowest BCUT2D eigenvalue weighted by Gasteiger charge is -2.33. The lowest BCUT2D eigenvalue weighted by atomic mass is 9.91. The molecule has 0 aliphatic carbocycles. The molecule has 1 N–H and O–H groups in total. The minimum Gasteiger partial charge on any atom is -0.505 e. The molecule has 1 aromatic heterocycles. The fraction of sp³-hybridized carbons (Fsp3) is 0.429. The fourth-order valence-electron chi connectivity index (χ4n) is 4.41. The summed E-state index contributed by atoms with van der Waals surface area (Å²) in [4.78, 5) is 29.1. The normalized spacial score (nSPS) is 19.0. The van der Waals surface area contributed by atoms with Crippen molar-refractivity contribution >= 4 is 11.8 Å². The summed E-state index contributed by atoms with van der Waals surface area (Å²) in [6, 6.07) is 6.03. The third kappa shape index (κ3) is 2.85. The Hall–Kier alpha value is -2.83. The zero-order valence-corrected chi connectivity index (χ0v) is 16.1. The highest BCUT2D eigenvalue weighted by Crippen LogP contribution is 2.41. The van der Waals surface area contributed by atoms with Crippen molar-refractivity contribution in [3.8, 4) is 5.75 Å². The van der Waals surface area contributed by atoms with Gasteiger partial charge in [0.2, 0.25) is 0 Å². The van der Waals surface area contributed by atoms with E-state index in [1.807, 2.05) is 4.57 Å². The summed E-state index contributed by atoms with van der Waals surface area (Å²) in [5.74, 6) is -0.953. The topological polar surface area (TPSA) is 65.8 Å². The second kappa shape index (κ2) is 6.96. The van der Waals surface area contributed by atoms with Gasteiger partial charge in [0.15, 0.2) is 11.4 Å². The van der Waals surface area contributed by atoms with E-state index in [2.05, 4.69) is 6.92 Å². The minimum atomic E-state index is -0.322. The highest BCUT2D eigenvalue weighted by molar-refractivity contribution is 6.06. The molecule has 0 saturated heterocycles. The molecule has 0 radical (unpaired) electrons. The number of fused-ring (bicyclic) bond motifs is 3. The maximum Gasteiger partial charge on any atom is 0.274 e. The van der Waals surface area contributed by atoms with Crippen molar-refractivity contribution in [3.63, 3.8) is 0 Å². The van der Waals surface area contributed by atoms with Crippen molar-refractivity contribution in [1.82, 2.24) is 14.4 Å². The maximum atomic E-state index is 13.1. The van der Waals surface area contributed by atoms with E-state index in [4.69, 9.17) is 0 Å². The van der Waals surface area contributed by atoms with Gasteiger partial charge in [-0.3, -0.25) is 9.59 Å². The highest BCUT2D eigenvalue weighted by Gasteiger charge is 2.41. The molecule has 4 rings (SSSR count). The molecule has 3 heterocycles. The Morgan fingerprint density at radius 3 is 2.54 bits per heavy atom. The second-order valence-corrected chi connectivity index (χ2v) is 7.63. The Morgan fingerprint density at radius 2 is 1.86 bits per heavy atom. The molecule has 0 saturated carbocycles. The molecule has 148 valence electrons. The molecule has 2 aromatic rings. The first kappa shape index (κ1) is 18.5. The summed E-state index contributed by atoms with van der Waals surface area (Å²) in [6.07, 6.45) is 1.85. The average Bonchev–Trinajstić information content (AvgIpc) is 2.97. The van der Waals surface area contributed by atoms with E-state index >= 15 is 0 Å². The predicted octanol–water partition coefficient (Wildman–Crippen LogP) is 2.96. The van der Waals surface area contributed by atoms with Gasteiger partial charge in [0, 0.05) is 44.8 Å². The third-order valence-corrected chi connectivity index (χ3v) is 5.73. The van der Waals surface area contributed by atoms with Crippen molar-refractivity contribution in [3.05, 3.63) is 52.6 Å². The number of halogens is 1. The summed E-state index contributed by atoms with van der Waals surface area (Å²) in [7, 11) is 1.73.